The van der Waals surface area contributed by atoms with Crippen LogP contribution in [-0.2, 0) is 25.7 Å². The van der Waals surface area contributed by atoms with Crippen molar-refractivity contribution in [1.29, 1.82) is 0 Å². The van der Waals surface area contributed by atoms with E-state index in [1.807, 2.05) is 6.92 Å². The summed E-state index contributed by atoms with van der Waals surface area (Å²) in [5.74, 6) is -1.94. The van der Waals surface area contributed by atoms with Crippen LogP contribution in [0.25, 0.3) is 0 Å². The van der Waals surface area contributed by atoms with Gasteiger partial charge in [-0.3, -0.25) is 23.9 Å². The molecule has 11 heteroatoms. The summed E-state index contributed by atoms with van der Waals surface area (Å²) in [6.45, 7) is 1.37. The Kier molecular flexibility index (Phi) is 5.07. The number of hydrogen-bond acceptors (Lipinski definition) is 7. The predicted molar refractivity (Wildman–Crippen MR) is 105 cm³/mol. The third kappa shape index (κ3) is 3.80. The van der Waals surface area contributed by atoms with E-state index < -0.39 is 33.9 Å². The minimum atomic E-state index is -4.01. The van der Waals surface area contributed by atoms with Gasteiger partial charge in [0.05, 0.1) is 29.2 Å². The molecule has 2 aromatic rings. The van der Waals surface area contributed by atoms with Crippen molar-refractivity contribution >= 4 is 33.9 Å². The number of nitrogens with one attached hydrogen (secondary N) is 1. The molecule has 1 saturated heterocycles. The van der Waals surface area contributed by atoms with Crippen LogP contribution in [0.3, 0.4) is 0 Å². The van der Waals surface area contributed by atoms with Gasteiger partial charge in [0, 0.05) is 6.42 Å². The summed E-state index contributed by atoms with van der Waals surface area (Å²) in [6.07, 6.45) is -0.0465. The van der Waals surface area contributed by atoms with Crippen LogP contribution in [0.5, 0.6) is 0 Å². The second-order valence-corrected chi connectivity index (χ2v) is 8.67. The van der Waals surface area contributed by atoms with E-state index in [0.29, 0.717) is 10.6 Å². The van der Waals surface area contributed by atoms with Crippen LogP contribution in [0.2, 0.25) is 0 Å². The van der Waals surface area contributed by atoms with E-state index in [0.717, 1.165) is 10.6 Å². The number of carbonyl (C=O) groups is 4. The SMILES string of the molecule is Cc1ccc(S(=O)(=O)OCc2ccc3c(c2)C(=O)N(N2CCC(=O)NC2=O)C3=O)cc1. The van der Waals surface area contributed by atoms with Gasteiger partial charge in [0.1, 0.15) is 0 Å². The topological polar surface area (TPSA) is 130 Å². The van der Waals surface area contributed by atoms with Crippen molar-refractivity contribution in [2.24, 2.45) is 0 Å². The first-order valence-corrected chi connectivity index (χ1v) is 10.7. The largest absolute Gasteiger partial charge is 0.343 e. The Morgan fingerprint density at radius 3 is 2.32 bits per heavy atom. The molecule has 5 amide bonds. The van der Waals surface area contributed by atoms with Crippen molar-refractivity contribution < 1.29 is 31.8 Å². The molecule has 2 aliphatic heterocycles. The molecule has 0 bridgehead atoms. The van der Waals surface area contributed by atoms with Gasteiger partial charge in [-0.05, 0) is 36.8 Å². The molecular weight excluding hydrogens is 426 g/mol. The van der Waals surface area contributed by atoms with E-state index in [2.05, 4.69) is 5.32 Å². The average molecular weight is 443 g/mol. The van der Waals surface area contributed by atoms with Crippen LogP contribution >= 0.6 is 0 Å². The number of benzene rings is 2. The first-order valence-electron chi connectivity index (χ1n) is 9.26. The first-order chi connectivity index (χ1) is 14.7. The van der Waals surface area contributed by atoms with Gasteiger partial charge in [-0.2, -0.15) is 13.4 Å². The maximum absolute atomic E-state index is 12.8. The zero-order chi connectivity index (χ0) is 22.3. The molecule has 10 nitrogen and oxygen atoms in total. The molecule has 1 fully saturated rings. The Balaban J connectivity index is 1.53. The highest BCUT2D eigenvalue weighted by Crippen LogP contribution is 2.27. The predicted octanol–water partition coefficient (Wildman–Crippen LogP) is 1.35. The van der Waals surface area contributed by atoms with Crippen LogP contribution in [0.1, 0.15) is 38.3 Å². The van der Waals surface area contributed by atoms with Crippen LogP contribution in [0, 0.1) is 6.92 Å². The summed E-state index contributed by atoms with van der Waals surface area (Å²) in [4.78, 5) is 48.8. The summed E-state index contributed by atoms with van der Waals surface area (Å²) >= 11 is 0. The van der Waals surface area contributed by atoms with Crippen LogP contribution in [0.15, 0.2) is 47.4 Å². The van der Waals surface area contributed by atoms with Crippen molar-refractivity contribution in [3.8, 4) is 0 Å². The molecular formula is C20H17N3O7S. The minimum absolute atomic E-state index is 0.00217. The Labute approximate surface area is 177 Å². The molecule has 0 aliphatic carbocycles. The lowest BCUT2D eigenvalue weighted by molar-refractivity contribution is -0.122. The van der Waals surface area contributed by atoms with Gasteiger partial charge in [0.15, 0.2) is 0 Å². The van der Waals surface area contributed by atoms with Crippen LogP contribution in [0.4, 0.5) is 4.79 Å². The third-order valence-electron chi connectivity index (χ3n) is 4.89. The van der Waals surface area contributed by atoms with Crippen molar-refractivity contribution in [3.63, 3.8) is 0 Å². The summed E-state index contributed by atoms with van der Waals surface area (Å²) in [7, 11) is -4.01. The lowest BCUT2D eigenvalue weighted by Crippen LogP contribution is -2.58. The number of aryl methyl sites for hydroxylation is 1. The number of amides is 5. The molecule has 0 saturated carbocycles. The Hall–Kier alpha value is -3.57. The lowest BCUT2D eigenvalue weighted by Gasteiger charge is -2.32. The molecule has 0 spiro atoms. The minimum Gasteiger partial charge on any atom is -0.276 e. The van der Waals surface area contributed by atoms with E-state index in [4.69, 9.17) is 4.18 Å². The summed E-state index contributed by atoms with van der Waals surface area (Å²) in [5, 5.41) is 3.62. The maximum atomic E-state index is 12.8. The number of nitrogens with zero attached hydrogens (tertiary/aromatic N) is 2. The van der Waals surface area contributed by atoms with E-state index in [9.17, 15) is 27.6 Å². The van der Waals surface area contributed by atoms with E-state index in [1.54, 1.807) is 12.1 Å². The summed E-state index contributed by atoms with van der Waals surface area (Å²) in [6, 6.07) is 9.50. The Morgan fingerprint density at radius 1 is 0.968 bits per heavy atom. The standard InChI is InChI=1S/C20H17N3O7S/c1-12-2-5-14(6-3-12)31(28,29)30-11-13-4-7-15-16(10-13)19(26)23(18(15)25)22-9-8-17(24)21-20(22)27/h2-7,10H,8-9,11H2,1H3,(H,21,24,27). The monoisotopic (exact) mass is 443 g/mol. The van der Waals surface area contributed by atoms with Crippen molar-refractivity contribution in [2.45, 2.75) is 24.8 Å². The van der Waals surface area contributed by atoms with Gasteiger partial charge < -0.3 is 0 Å². The summed E-state index contributed by atoms with van der Waals surface area (Å²) in [5.41, 5.74) is 1.34. The quantitative estimate of drug-likeness (QED) is 0.545. The normalized spacial score (nSPS) is 16.5. The molecule has 160 valence electrons. The number of hydrazine groups is 1. The zero-order valence-corrected chi connectivity index (χ0v) is 17.1. The first kappa shape index (κ1) is 20.7. The molecule has 0 unspecified atom stereocenters. The van der Waals surface area contributed by atoms with E-state index in [1.165, 1.54) is 30.3 Å². The highest BCUT2D eigenvalue weighted by molar-refractivity contribution is 7.86. The fraction of sp³-hybridized carbons (Fsp3) is 0.200. The number of carbonyl (C=O) groups excluding carboxylic acids is 4. The molecule has 4 rings (SSSR count). The lowest BCUT2D eigenvalue weighted by atomic mass is 10.1. The highest BCUT2D eigenvalue weighted by Gasteiger charge is 2.43. The van der Waals surface area contributed by atoms with Crippen LogP contribution in [-0.4, -0.2) is 48.7 Å². The number of urea groups is 1. The van der Waals surface area contributed by atoms with Crippen molar-refractivity contribution in [2.75, 3.05) is 6.54 Å². The molecule has 2 aromatic carbocycles. The van der Waals surface area contributed by atoms with Gasteiger partial charge in [-0.15, -0.1) is 0 Å². The van der Waals surface area contributed by atoms with Gasteiger partial charge in [-0.25, -0.2) is 9.80 Å². The molecule has 2 aliphatic rings. The molecule has 31 heavy (non-hydrogen) atoms. The van der Waals surface area contributed by atoms with Crippen LogP contribution < -0.4 is 5.32 Å². The number of imide groups is 2. The molecule has 0 aromatic heterocycles. The molecule has 2 heterocycles. The Morgan fingerprint density at radius 2 is 1.65 bits per heavy atom. The second-order valence-electron chi connectivity index (χ2n) is 7.06. The molecule has 0 atom stereocenters. The maximum Gasteiger partial charge on any atom is 0.343 e. The average Bonchev–Trinajstić information content (AvgIpc) is 2.97. The highest BCUT2D eigenvalue weighted by atomic mass is 32.2. The van der Waals surface area contributed by atoms with E-state index >= 15 is 0 Å². The second kappa shape index (κ2) is 7.60. The third-order valence-corrected chi connectivity index (χ3v) is 6.17. The number of rotatable bonds is 5. The molecule has 1 N–H and O–H groups in total. The van der Waals surface area contributed by atoms with Gasteiger partial charge >= 0.3 is 6.03 Å². The van der Waals surface area contributed by atoms with Gasteiger partial charge in [0.2, 0.25) is 5.91 Å². The smallest absolute Gasteiger partial charge is 0.276 e. The fourth-order valence-electron chi connectivity index (χ4n) is 3.25. The fourth-order valence-corrected chi connectivity index (χ4v) is 4.15. The Bertz CT molecular complexity index is 1220. The van der Waals surface area contributed by atoms with Crippen molar-refractivity contribution in [1.82, 2.24) is 15.3 Å². The van der Waals surface area contributed by atoms with Gasteiger partial charge in [0.25, 0.3) is 21.9 Å². The molecule has 0 radical (unpaired) electrons. The zero-order valence-electron chi connectivity index (χ0n) is 16.3. The van der Waals surface area contributed by atoms with Crippen molar-refractivity contribution in [3.05, 3.63) is 64.7 Å². The number of hydrogen-bond donors (Lipinski definition) is 1. The number of fused-ring (bicyclic) bond motifs is 1. The summed E-state index contributed by atoms with van der Waals surface area (Å²) < 4.78 is 29.8. The van der Waals surface area contributed by atoms with Gasteiger partial charge in [-0.1, -0.05) is 23.8 Å². The van der Waals surface area contributed by atoms with E-state index in [-0.39, 0.29) is 35.6 Å².